The smallest absolute Gasteiger partial charge is 0.224 e. The largest absolute Gasteiger partial charge is 0.393 e. The second-order valence-corrected chi connectivity index (χ2v) is 4.52. The molecule has 2 rings (SSSR count). The van der Waals surface area contributed by atoms with E-state index in [0.29, 0.717) is 0 Å². The number of nitrogens with one attached hydrogen (secondary N) is 1. The molecule has 2 unspecified atom stereocenters. The molecule has 2 aliphatic rings. The summed E-state index contributed by atoms with van der Waals surface area (Å²) in [5, 5.41) is 12.3. The molecule has 0 bridgehead atoms. The van der Waals surface area contributed by atoms with Crippen molar-refractivity contribution in [2.45, 2.75) is 50.3 Å². The zero-order valence-electron chi connectivity index (χ0n) is 8.28. The normalized spacial score (nSPS) is 41.9. The first-order chi connectivity index (χ1) is 6.66. The zero-order chi connectivity index (χ0) is 10.1. The van der Waals surface area contributed by atoms with Gasteiger partial charge in [0.2, 0.25) is 5.91 Å². The Balaban J connectivity index is 1.72. The summed E-state index contributed by atoms with van der Waals surface area (Å²) < 4.78 is 0. The van der Waals surface area contributed by atoms with E-state index in [1.54, 1.807) is 0 Å². The summed E-state index contributed by atoms with van der Waals surface area (Å²) in [7, 11) is 0. The van der Waals surface area contributed by atoms with Crippen LogP contribution in [0.3, 0.4) is 0 Å². The van der Waals surface area contributed by atoms with Crippen molar-refractivity contribution in [3.05, 3.63) is 0 Å². The average Bonchev–Trinajstić information content (AvgIpc) is 2.87. The van der Waals surface area contributed by atoms with Gasteiger partial charge in [0.25, 0.3) is 0 Å². The number of aliphatic hydroxyl groups is 1. The maximum absolute atomic E-state index is 11.5. The third kappa shape index (κ3) is 2.25. The van der Waals surface area contributed by atoms with Crippen LogP contribution in [0.2, 0.25) is 0 Å². The number of amides is 1. The molecule has 2 saturated carbocycles. The molecule has 0 aliphatic heterocycles. The van der Waals surface area contributed by atoms with Crippen LogP contribution in [0, 0.1) is 5.92 Å². The molecule has 1 amide bonds. The fraction of sp³-hybridized carbons (Fsp3) is 0.900. The van der Waals surface area contributed by atoms with Crippen molar-refractivity contribution in [2.75, 3.05) is 0 Å². The van der Waals surface area contributed by atoms with Gasteiger partial charge in [0.15, 0.2) is 0 Å². The van der Waals surface area contributed by atoms with E-state index in [0.717, 1.165) is 32.1 Å². The first-order valence-electron chi connectivity index (χ1n) is 5.41. The standard InChI is InChI=1S/C10H18N2O2/c11-9-5-8(9)10(14)12-6-1-3-7(13)4-2-6/h6-9,13H,1-5,11H2,(H,12,14). The number of aliphatic hydroxyl groups excluding tert-OH is 1. The number of nitrogens with two attached hydrogens (primary N) is 1. The van der Waals surface area contributed by atoms with Gasteiger partial charge in [0.1, 0.15) is 0 Å². The first-order valence-corrected chi connectivity index (χ1v) is 5.41. The van der Waals surface area contributed by atoms with Crippen LogP contribution in [0.15, 0.2) is 0 Å². The lowest BCUT2D eigenvalue weighted by molar-refractivity contribution is -0.123. The monoisotopic (exact) mass is 198 g/mol. The first kappa shape index (κ1) is 9.93. The van der Waals surface area contributed by atoms with Crippen LogP contribution in [0.1, 0.15) is 32.1 Å². The molecule has 4 heteroatoms. The number of hydrogen-bond donors (Lipinski definition) is 3. The van der Waals surface area contributed by atoms with Gasteiger partial charge in [0, 0.05) is 12.1 Å². The van der Waals surface area contributed by atoms with Crippen molar-refractivity contribution in [3.8, 4) is 0 Å². The number of hydrogen-bond acceptors (Lipinski definition) is 3. The van der Waals surface area contributed by atoms with Crippen molar-refractivity contribution in [1.29, 1.82) is 0 Å². The van der Waals surface area contributed by atoms with Crippen LogP contribution in [-0.4, -0.2) is 29.2 Å². The highest BCUT2D eigenvalue weighted by Crippen LogP contribution is 2.28. The molecule has 80 valence electrons. The highest BCUT2D eigenvalue weighted by atomic mass is 16.3. The highest BCUT2D eigenvalue weighted by Gasteiger charge is 2.40. The van der Waals surface area contributed by atoms with Gasteiger partial charge in [-0.25, -0.2) is 0 Å². The molecule has 4 N–H and O–H groups in total. The zero-order valence-corrected chi connectivity index (χ0v) is 8.28. The van der Waals surface area contributed by atoms with Gasteiger partial charge in [0.05, 0.1) is 12.0 Å². The molecule has 0 aromatic heterocycles. The van der Waals surface area contributed by atoms with E-state index >= 15 is 0 Å². The molecule has 0 spiro atoms. The number of rotatable bonds is 2. The molecular formula is C10H18N2O2. The van der Waals surface area contributed by atoms with Gasteiger partial charge in [-0.15, -0.1) is 0 Å². The Labute approximate surface area is 83.9 Å². The Morgan fingerprint density at radius 3 is 2.36 bits per heavy atom. The summed E-state index contributed by atoms with van der Waals surface area (Å²) in [5.41, 5.74) is 5.59. The minimum Gasteiger partial charge on any atom is -0.393 e. The Morgan fingerprint density at radius 2 is 1.86 bits per heavy atom. The Kier molecular flexibility index (Phi) is 2.74. The van der Waals surface area contributed by atoms with Gasteiger partial charge in [-0.1, -0.05) is 0 Å². The minimum atomic E-state index is -0.161. The van der Waals surface area contributed by atoms with Gasteiger partial charge < -0.3 is 16.2 Å². The van der Waals surface area contributed by atoms with Crippen LogP contribution >= 0.6 is 0 Å². The molecule has 0 saturated heterocycles. The Hall–Kier alpha value is -0.610. The number of carbonyl (C=O) groups is 1. The van der Waals surface area contributed by atoms with E-state index in [1.165, 1.54) is 0 Å². The van der Waals surface area contributed by atoms with Crippen molar-refractivity contribution >= 4 is 5.91 Å². The summed E-state index contributed by atoms with van der Waals surface area (Å²) in [6.45, 7) is 0. The maximum atomic E-state index is 11.5. The maximum Gasteiger partial charge on any atom is 0.224 e. The third-order valence-electron chi connectivity index (χ3n) is 3.22. The van der Waals surface area contributed by atoms with E-state index in [9.17, 15) is 9.90 Å². The summed E-state index contributed by atoms with van der Waals surface area (Å²) in [6.07, 6.45) is 4.08. The van der Waals surface area contributed by atoms with Crippen molar-refractivity contribution < 1.29 is 9.90 Å². The fourth-order valence-electron chi connectivity index (χ4n) is 2.04. The van der Waals surface area contributed by atoms with Gasteiger partial charge in [-0.05, 0) is 32.1 Å². The Morgan fingerprint density at radius 1 is 1.29 bits per heavy atom. The van der Waals surface area contributed by atoms with E-state index in [1.807, 2.05) is 0 Å². The Bertz CT molecular complexity index is 224. The predicted octanol–water partition coefficient (Wildman–Crippen LogP) is -0.247. The quantitative estimate of drug-likeness (QED) is 0.573. The van der Waals surface area contributed by atoms with E-state index in [2.05, 4.69) is 5.32 Å². The van der Waals surface area contributed by atoms with E-state index in [4.69, 9.17) is 5.73 Å². The molecule has 2 atom stereocenters. The van der Waals surface area contributed by atoms with Crippen molar-refractivity contribution in [1.82, 2.24) is 5.32 Å². The van der Waals surface area contributed by atoms with E-state index < -0.39 is 0 Å². The van der Waals surface area contributed by atoms with E-state index in [-0.39, 0.29) is 30.0 Å². The summed E-state index contributed by atoms with van der Waals surface area (Å²) in [4.78, 5) is 11.5. The summed E-state index contributed by atoms with van der Waals surface area (Å²) >= 11 is 0. The molecule has 0 heterocycles. The van der Waals surface area contributed by atoms with Crippen LogP contribution < -0.4 is 11.1 Å². The highest BCUT2D eigenvalue weighted by molar-refractivity contribution is 5.82. The lowest BCUT2D eigenvalue weighted by Gasteiger charge is -2.26. The molecule has 0 aromatic rings. The summed E-state index contributed by atoms with van der Waals surface area (Å²) in [5.74, 6) is 0.167. The van der Waals surface area contributed by atoms with Crippen LogP contribution in [-0.2, 0) is 4.79 Å². The second kappa shape index (κ2) is 3.87. The molecular weight excluding hydrogens is 180 g/mol. The number of carbonyl (C=O) groups excluding carboxylic acids is 1. The topological polar surface area (TPSA) is 75.4 Å². The molecule has 2 fully saturated rings. The van der Waals surface area contributed by atoms with Crippen LogP contribution in [0.5, 0.6) is 0 Å². The molecule has 0 aromatic carbocycles. The average molecular weight is 198 g/mol. The van der Waals surface area contributed by atoms with Gasteiger partial charge in [-0.2, -0.15) is 0 Å². The minimum absolute atomic E-state index is 0.0573. The molecule has 2 aliphatic carbocycles. The van der Waals surface area contributed by atoms with Crippen molar-refractivity contribution in [3.63, 3.8) is 0 Å². The van der Waals surface area contributed by atoms with Gasteiger partial charge in [-0.3, -0.25) is 4.79 Å². The lowest BCUT2D eigenvalue weighted by Crippen LogP contribution is -2.40. The van der Waals surface area contributed by atoms with Crippen LogP contribution in [0.25, 0.3) is 0 Å². The SMILES string of the molecule is NC1CC1C(=O)NC1CCC(O)CC1. The van der Waals surface area contributed by atoms with Crippen molar-refractivity contribution in [2.24, 2.45) is 11.7 Å². The lowest BCUT2D eigenvalue weighted by atomic mass is 9.93. The fourth-order valence-corrected chi connectivity index (χ4v) is 2.04. The second-order valence-electron chi connectivity index (χ2n) is 4.52. The summed E-state index contributed by atoms with van der Waals surface area (Å²) in [6, 6.07) is 0.350. The van der Waals surface area contributed by atoms with Gasteiger partial charge >= 0.3 is 0 Å². The molecule has 4 nitrogen and oxygen atoms in total. The molecule has 0 radical (unpaired) electrons. The molecule has 14 heavy (non-hydrogen) atoms. The third-order valence-corrected chi connectivity index (χ3v) is 3.22. The predicted molar refractivity (Wildman–Crippen MR) is 52.5 cm³/mol. The van der Waals surface area contributed by atoms with Crippen LogP contribution in [0.4, 0.5) is 0 Å².